The van der Waals surface area contributed by atoms with Crippen molar-refractivity contribution >= 4 is 29.0 Å². The highest BCUT2D eigenvalue weighted by Gasteiger charge is 2.22. The fourth-order valence-corrected chi connectivity index (χ4v) is 3.97. The molecule has 1 aliphatic heterocycles. The van der Waals surface area contributed by atoms with Crippen LogP contribution >= 0.6 is 23.1 Å². The van der Waals surface area contributed by atoms with E-state index in [9.17, 15) is 4.79 Å². The molecule has 1 atom stereocenters. The summed E-state index contributed by atoms with van der Waals surface area (Å²) in [6, 6.07) is 0. The molecule has 0 radical (unpaired) electrons. The van der Waals surface area contributed by atoms with Crippen molar-refractivity contribution in [2.45, 2.75) is 38.9 Å². The van der Waals surface area contributed by atoms with E-state index in [4.69, 9.17) is 0 Å². The van der Waals surface area contributed by atoms with Gasteiger partial charge in [-0.05, 0) is 25.7 Å². The van der Waals surface area contributed by atoms with Gasteiger partial charge in [0.15, 0.2) is 0 Å². The third kappa shape index (κ3) is 4.49. The second kappa shape index (κ2) is 7.29. The lowest BCUT2D eigenvalue weighted by atomic mass is 9.96. The van der Waals surface area contributed by atoms with Crippen molar-refractivity contribution in [3.8, 4) is 0 Å². The highest BCUT2D eigenvalue weighted by molar-refractivity contribution is 7.99. The summed E-state index contributed by atoms with van der Waals surface area (Å²) in [5.74, 6) is 2.45. The third-order valence-electron chi connectivity index (χ3n) is 3.59. The summed E-state index contributed by atoms with van der Waals surface area (Å²) >= 11 is 3.36. The molecule has 0 saturated carbocycles. The number of hydrogen-bond acceptors (Lipinski definition) is 4. The Morgan fingerprint density at radius 3 is 3.16 bits per heavy atom. The minimum atomic E-state index is 0.301. The first-order valence-corrected chi connectivity index (χ1v) is 8.99. The van der Waals surface area contributed by atoms with Crippen molar-refractivity contribution in [2.24, 2.45) is 5.92 Å². The van der Waals surface area contributed by atoms with Gasteiger partial charge in [0.2, 0.25) is 5.91 Å². The number of carbonyl (C=O) groups is 1. The maximum absolute atomic E-state index is 12.1. The Bertz CT molecular complexity index is 419. The minimum Gasteiger partial charge on any atom is -0.342 e. The van der Waals surface area contributed by atoms with E-state index < -0.39 is 0 Å². The summed E-state index contributed by atoms with van der Waals surface area (Å²) < 4.78 is 0. The van der Waals surface area contributed by atoms with Crippen molar-refractivity contribution in [3.63, 3.8) is 0 Å². The molecule has 0 spiro atoms. The van der Waals surface area contributed by atoms with Gasteiger partial charge in [0.25, 0.3) is 0 Å². The van der Waals surface area contributed by atoms with Crippen LogP contribution in [0.5, 0.6) is 0 Å². The predicted octanol–water partition coefficient (Wildman–Crippen LogP) is 3.33. The topological polar surface area (TPSA) is 33.2 Å². The fourth-order valence-electron chi connectivity index (χ4n) is 2.43. The molecule has 1 saturated heterocycles. The summed E-state index contributed by atoms with van der Waals surface area (Å²) in [4.78, 5) is 18.6. The minimum absolute atomic E-state index is 0.301. The Labute approximate surface area is 123 Å². The van der Waals surface area contributed by atoms with E-state index in [-0.39, 0.29) is 0 Å². The van der Waals surface area contributed by atoms with Crippen LogP contribution in [0.4, 0.5) is 0 Å². The zero-order chi connectivity index (χ0) is 13.7. The van der Waals surface area contributed by atoms with Crippen LogP contribution in [0.1, 0.15) is 36.9 Å². The highest BCUT2D eigenvalue weighted by Crippen LogP contribution is 2.21. The molecule has 0 unspecified atom stereocenters. The maximum Gasteiger partial charge on any atom is 0.232 e. The molecule has 5 heteroatoms. The second-order valence-electron chi connectivity index (χ2n) is 5.11. The zero-order valence-electron chi connectivity index (χ0n) is 11.7. The monoisotopic (exact) mass is 298 g/mol. The van der Waals surface area contributed by atoms with E-state index in [0.29, 0.717) is 17.6 Å². The quantitative estimate of drug-likeness (QED) is 0.836. The molecule has 1 fully saturated rings. The van der Waals surface area contributed by atoms with E-state index in [1.165, 1.54) is 19.3 Å². The molecule has 3 nitrogen and oxygen atoms in total. The van der Waals surface area contributed by atoms with Crippen LogP contribution in [-0.4, -0.2) is 34.6 Å². The molecular formula is C14H22N2OS2. The van der Waals surface area contributed by atoms with Crippen LogP contribution in [0.2, 0.25) is 0 Å². The number of rotatable bonds is 5. The molecule has 1 amide bonds. The van der Waals surface area contributed by atoms with Crippen molar-refractivity contribution < 1.29 is 4.79 Å². The molecule has 1 aromatic rings. The fraction of sp³-hybridized carbons (Fsp3) is 0.714. The number of thioether (sulfide) groups is 1. The first kappa shape index (κ1) is 14.9. The van der Waals surface area contributed by atoms with Crippen LogP contribution < -0.4 is 0 Å². The van der Waals surface area contributed by atoms with Crippen molar-refractivity contribution in [1.82, 2.24) is 9.88 Å². The smallest absolute Gasteiger partial charge is 0.232 e. The number of carbonyl (C=O) groups excluding carboxylic acids is 1. The number of thiazole rings is 1. The zero-order valence-corrected chi connectivity index (χ0v) is 13.4. The molecule has 0 N–H and O–H groups in total. The maximum atomic E-state index is 12.1. The second-order valence-corrected chi connectivity index (χ2v) is 7.15. The first-order chi connectivity index (χ1) is 9.19. The molecule has 2 heterocycles. The van der Waals surface area contributed by atoms with Gasteiger partial charge in [-0.3, -0.25) is 4.79 Å². The van der Waals surface area contributed by atoms with Gasteiger partial charge in [0.1, 0.15) is 0 Å². The number of nitrogens with zero attached hydrogens (tertiary/aromatic N) is 2. The lowest BCUT2D eigenvalue weighted by Gasteiger charge is -2.32. The number of piperidine rings is 1. The van der Waals surface area contributed by atoms with Crippen molar-refractivity contribution in [2.75, 3.05) is 18.8 Å². The average Bonchev–Trinajstić information content (AvgIpc) is 2.84. The van der Waals surface area contributed by atoms with Gasteiger partial charge < -0.3 is 4.90 Å². The van der Waals surface area contributed by atoms with Crippen LogP contribution in [0.25, 0.3) is 0 Å². The van der Waals surface area contributed by atoms with Gasteiger partial charge in [0.05, 0.1) is 16.5 Å². The van der Waals surface area contributed by atoms with E-state index in [1.807, 2.05) is 6.92 Å². The Kier molecular flexibility index (Phi) is 5.70. The number of likely N-dealkylation sites (tertiary alicyclic amines) is 1. The molecule has 2 rings (SSSR count). The van der Waals surface area contributed by atoms with Crippen molar-refractivity contribution in [1.29, 1.82) is 0 Å². The van der Waals surface area contributed by atoms with Gasteiger partial charge in [-0.2, -0.15) is 0 Å². The molecule has 19 heavy (non-hydrogen) atoms. The van der Waals surface area contributed by atoms with Crippen LogP contribution in [0.15, 0.2) is 5.38 Å². The standard InChI is InChI=1S/C14H22N2OS2/c1-3-12-5-4-6-16(7-12)14(17)10-18-8-13-9-19-11(2)15-13/h9,12H,3-8,10H2,1-2H3/t12-/m0/s1. The Hall–Kier alpha value is -0.550. The number of aryl methyl sites for hydroxylation is 1. The number of aromatic nitrogens is 1. The number of amides is 1. The molecule has 0 aromatic carbocycles. The SMILES string of the molecule is CC[C@H]1CCCN(C(=O)CSCc2csc(C)n2)C1. The largest absolute Gasteiger partial charge is 0.342 e. The van der Waals surface area contributed by atoms with E-state index >= 15 is 0 Å². The lowest BCUT2D eigenvalue weighted by Crippen LogP contribution is -2.40. The van der Waals surface area contributed by atoms with E-state index in [1.54, 1.807) is 23.1 Å². The van der Waals surface area contributed by atoms with E-state index in [0.717, 1.165) is 29.5 Å². The van der Waals surface area contributed by atoms with Crippen LogP contribution in [0.3, 0.4) is 0 Å². The molecule has 1 aliphatic rings. The predicted molar refractivity (Wildman–Crippen MR) is 82.6 cm³/mol. The number of hydrogen-bond donors (Lipinski definition) is 0. The van der Waals surface area contributed by atoms with Gasteiger partial charge in [-0.1, -0.05) is 13.3 Å². The normalized spacial score (nSPS) is 19.7. The van der Waals surface area contributed by atoms with Crippen molar-refractivity contribution in [3.05, 3.63) is 16.1 Å². The van der Waals surface area contributed by atoms with Crippen LogP contribution in [0, 0.1) is 12.8 Å². The Morgan fingerprint density at radius 2 is 2.47 bits per heavy atom. The summed E-state index contributed by atoms with van der Waals surface area (Å²) in [7, 11) is 0. The summed E-state index contributed by atoms with van der Waals surface area (Å²) in [5.41, 5.74) is 1.10. The Morgan fingerprint density at radius 1 is 1.63 bits per heavy atom. The average molecular weight is 298 g/mol. The molecule has 0 aliphatic carbocycles. The molecule has 0 bridgehead atoms. The summed E-state index contributed by atoms with van der Waals surface area (Å²) in [6.45, 7) is 6.15. The van der Waals surface area contributed by atoms with Gasteiger partial charge in [0, 0.05) is 24.2 Å². The first-order valence-electron chi connectivity index (χ1n) is 6.95. The van der Waals surface area contributed by atoms with Crippen LogP contribution in [-0.2, 0) is 10.5 Å². The third-order valence-corrected chi connectivity index (χ3v) is 5.36. The summed E-state index contributed by atoms with van der Waals surface area (Å²) in [6.07, 6.45) is 3.64. The molecular weight excluding hydrogens is 276 g/mol. The lowest BCUT2D eigenvalue weighted by molar-refractivity contribution is -0.130. The Balaban J connectivity index is 1.72. The van der Waals surface area contributed by atoms with Gasteiger partial charge >= 0.3 is 0 Å². The van der Waals surface area contributed by atoms with Gasteiger partial charge in [-0.15, -0.1) is 23.1 Å². The van der Waals surface area contributed by atoms with E-state index in [2.05, 4.69) is 22.2 Å². The highest BCUT2D eigenvalue weighted by atomic mass is 32.2. The molecule has 1 aromatic heterocycles. The molecule has 106 valence electrons. The van der Waals surface area contributed by atoms with Gasteiger partial charge in [-0.25, -0.2) is 4.98 Å². The summed E-state index contributed by atoms with van der Waals surface area (Å²) in [5, 5.41) is 3.18.